The maximum atomic E-state index is 12.0. The van der Waals surface area contributed by atoms with Crippen molar-refractivity contribution in [1.29, 1.82) is 0 Å². The monoisotopic (exact) mass is 295 g/mol. The summed E-state index contributed by atoms with van der Waals surface area (Å²) in [5.41, 5.74) is 3.15. The summed E-state index contributed by atoms with van der Waals surface area (Å²) >= 11 is 0. The molecule has 1 aromatic heterocycles. The lowest BCUT2D eigenvalue weighted by Gasteiger charge is -2.12. The van der Waals surface area contributed by atoms with Gasteiger partial charge in [-0.2, -0.15) is 0 Å². The van der Waals surface area contributed by atoms with E-state index in [1.807, 2.05) is 0 Å². The number of carbonyl (C=O) groups excluding carboxylic acids is 1. The van der Waals surface area contributed by atoms with Gasteiger partial charge in [0, 0.05) is 18.2 Å². The predicted molar refractivity (Wildman–Crippen MR) is 81.7 cm³/mol. The SMILES string of the molecule is O=C(NC[C@@H]1C[C@]12CCc1ccccc12)c1c[nH]c(=O)cn1. The number of aryl methyl sites for hydroxylation is 1. The molecule has 22 heavy (non-hydrogen) atoms. The summed E-state index contributed by atoms with van der Waals surface area (Å²) in [7, 11) is 0. The average Bonchev–Trinajstić information content (AvgIpc) is 3.13. The molecule has 112 valence electrons. The number of aromatic amines is 1. The molecule has 4 rings (SSSR count). The molecule has 2 N–H and O–H groups in total. The van der Waals surface area contributed by atoms with Crippen LogP contribution in [0.25, 0.3) is 0 Å². The van der Waals surface area contributed by atoms with Gasteiger partial charge in [0.25, 0.3) is 11.5 Å². The van der Waals surface area contributed by atoms with Crippen molar-refractivity contribution in [3.05, 3.63) is 63.8 Å². The van der Waals surface area contributed by atoms with Crippen molar-refractivity contribution in [3.8, 4) is 0 Å². The summed E-state index contributed by atoms with van der Waals surface area (Å²) < 4.78 is 0. The van der Waals surface area contributed by atoms with Crippen molar-refractivity contribution in [2.75, 3.05) is 6.54 Å². The molecule has 0 saturated heterocycles. The van der Waals surface area contributed by atoms with E-state index in [0.29, 0.717) is 12.5 Å². The normalized spacial score (nSPS) is 25.0. The maximum absolute atomic E-state index is 12.0. The van der Waals surface area contributed by atoms with Crippen LogP contribution in [0.4, 0.5) is 0 Å². The van der Waals surface area contributed by atoms with Gasteiger partial charge in [-0.1, -0.05) is 24.3 Å². The summed E-state index contributed by atoms with van der Waals surface area (Å²) in [5.74, 6) is 0.271. The fraction of sp³-hybridized carbons (Fsp3) is 0.353. The van der Waals surface area contributed by atoms with E-state index >= 15 is 0 Å². The first-order chi connectivity index (χ1) is 10.7. The second kappa shape index (κ2) is 4.80. The molecular weight excluding hydrogens is 278 g/mol. The van der Waals surface area contributed by atoms with E-state index in [9.17, 15) is 9.59 Å². The van der Waals surface area contributed by atoms with Gasteiger partial charge in [-0.05, 0) is 36.3 Å². The predicted octanol–water partition coefficient (Wildman–Crippen LogP) is 1.40. The largest absolute Gasteiger partial charge is 0.350 e. The lowest BCUT2D eigenvalue weighted by molar-refractivity contribution is 0.0945. The summed E-state index contributed by atoms with van der Waals surface area (Å²) in [6.45, 7) is 0.661. The molecule has 0 aliphatic heterocycles. The van der Waals surface area contributed by atoms with Crippen molar-refractivity contribution in [1.82, 2.24) is 15.3 Å². The van der Waals surface area contributed by atoms with Crippen molar-refractivity contribution in [2.45, 2.75) is 24.7 Å². The number of carbonyl (C=O) groups is 1. The molecule has 5 heteroatoms. The van der Waals surface area contributed by atoms with Gasteiger partial charge in [-0.3, -0.25) is 9.59 Å². The van der Waals surface area contributed by atoms with Gasteiger partial charge in [0.15, 0.2) is 0 Å². The van der Waals surface area contributed by atoms with E-state index in [1.165, 1.54) is 23.7 Å². The van der Waals surface area contributed by atoms with Crippen molar-refractivity contribution < 1.29 is 4.79 Å². The minimum atomic E-state index is -0.305. The highest BCUT2D eigenvalue weighted by molar-refractivity contribution is 5.91. The number of H-pyrrole nitrogens is 1. The van der Waals surface area contributed by atoms with Crippen LogP contribution in [-0.4, -0.2) is 22.4 Å². The van der Waals surface area contributed by atoms with Crippen molar-refractivity contribution in [3.63, 3.8) is 0 Å². The van der Waals surface area contributed by atoms with Crippen LogP contribution in [0.3, 0.4) is 0 Å². The Bertz CT molecular complexity index is 778. The first-order valence-corrected chi connectivity index (χ1v) is 7.60. The smallest absolute Gasteiger partial charge is 0.271 e. The van der Waals surface area contributed by atoms with Crippen LogP contribution in [0.15, 0.2) is 41.5 Å². The Hall–Kier alpha value is -2.43. The van der Waals surface area contributed by atoms with Crippen LogP contribution in [0.1, 0.15) is 34.5 Å². The van der Waals surface area contributed by atoms with Crippen molar-refractivity contribution >= 4 is 5.91 Å². The molecule has 0 radical (unpaired) electrons. The summed E-state index contributed by atoms with van der Waals surface area (Å²) in [5, 5.41) is 2.94. The molecule has 2 aromatic rings. The molecule has 1 heterocycles. The van der Waals surface area contributed by atoms with E-state index in [1.54, 1.807) is 0 Å². The minimum absolute atomic E-state index is 0.232. The molecule has 2 aliphatic rings. The van der Waals surface area contributed by atoms with E-state index in [4.69, 9.17) is 0 Å². The molecule has 1 fully saturated rings. The third-order valence-corrected chi connectivity index (χ3v) is 5.04. The van der Waals surface area contributed by atoms with Crippen LogP contribution < -0.4 is 10.9 Å². The van der Waals surface area contributed by atoms with Crippen LogP contribution in [-0.2, 0) is 11.8 Å². The molecule has 5 nitrogen and oxygen atoms in total. The zero-order chi connectivity index (χ0) is 15.2. The zero-order valence-electron chi connectivity index (χ0n) is 12.1. The highest BCUT2D eigenvalue weighted by atomic mass is 16.2. The molecule has 0 unspecified atom stereocenters. The van der Waals surface area contributed by atoms with E-state index < -0.39 is 0 Å². The molecule has 1 amide bonds. The fourth-order valence-corrected chi connectivity index (χ4v) is 3.77. The first-order valence-electron chi connectivity index (χ1n) is 7.60. The summed E-state index contributed by atoms with van der Waals surface area (Å²) in [6, 6.07) is 8.64. The lowest BCUT2D eigenvalue weighted by Crippen LogP contribution is -2.29. The molecule has 2 atom stereocenters. The second-order valence-corrected chi connectivity index (χ2v) is 6.22. The highest BCUT2D eigenvalue weighted by Gasteiger charge is 2.57. The average molecular weight is 295 g/mol. The standard InChI is InChI=1S/C17H17N3O2/c21-15-10-18-14(9-19-15)16(22)20-8-12-7-17(12)6-5-11-3-1-2-4-13(11)17/h1-4,9-10,12H,5-8H2,(H,19,21)(H,20,22)/t12-,17+/m0/s1. The number of fused-ring (bicyclic) bond motifs is 2. The molecule has 0 bridgehead atoms. The van der Waals surface area contributed by atoms with E-state index in [-0.39, 0.29) is 22.6 Å². The van der Waals surface area contributed by atoms with Gasteiger partial charge in [0.2, 0.25) is 0 Å². The van der Waals surface area contributed by atoms with Gasteiger partial charge >= 0.3 is 0 Å². The topological polar surface area (TPSA) is 74.8 Å². The van der Waals surface area contributed by atoms with Gasteiger partial charge in [-0.15, -0.1) is 0 Å². The summed E-state index contributed by atoms with van der Waals surface area (Å²) in [6.07, 6.45) is 5.95. The second-order valence-electron chi connectivity index (χ2n) is 6.22. The Balaban J connectivity index is 1.42. The van der Waals surface area contributed by atoms with Crippen LogP contribution in [0.2, 0.25) is 0 Å². The van der Waals surface area contributed by atoms with Gasteiger partial charge in [-0.25, -0.2) is 4.98 Å². The first kappa shape index (κ1) is 13.2. The Kier molecular flexibility index (Phi) is 2.89. The maximum Gasteiger partial charge on any atom is 0.271 e. The van der Waals surface area contributed by atoms with Crippen LogP contribution in [0.5, 0.6) is 0 Å². The van der Waals surface area contributed by atoms with Gasteiger partial charge in [0.1, 0.15) is 5.69 Å². The van der Waals surface area contributed by atoms with E-state index in [2.05, 4.69) is 39.6 Å². The Labute approximate surface area is 127 Å². The molecule has 1 saturated carbocycles. The number of hydrogen-bond donors (Lipinski definition) is 2. The third kappa shape index (κ3) is 2.04. The van der Waals surface area contributed by atoms with Gasteiger partial charge in [0.05, 0.1) is 6.20 Å². The summed E-state index contributed by atoms with van der Waals surface area (Å²) in [4.78, 5) is 29.3. The molecule has 1 spiro atoms. The van der Waals surface area contributed by atoms with Crippen molar-refractivity contribution in [2.24, 2.45) is 5.92 Å². The number of nitrogens with zero attached hydrogens (tertiary/aromatic N) is 1. The Morgan fingerprint density at radius 2 is 2.27 bits per heavy atom. The number of aromatic nitrogens is 2. The van der Waals surface area contributed by atoms with Crippen LogP contribution >= 0.6 is 0 Å². The highest BCUT2D eigenvalue weighted by Crippen LogP contribution is 2.61. The number of benzene rings is 1. The molecular formula is C17H17N3O2. The minimum Gasteiger partial charge on any atom is -0.350 e. The fourth-order valence-electron chi connectivity index (χ4n) is 3.77. The zero-order valence-corrected chi connectivity index (χ0v) is 12.1. The van der Waals surface area contributed by atoms with E-state index in [0.717, 1.165) is 19.0 Å². The Morgan fingerprint density at radius 3 is 3.09 bits per heavy atom. The third-order valence-electron chi connectivity index (χ3n) is 5.04. The van der Waals surface area contributed by atoms with Gasteiger partial charge < -0.3 is 10.3 Å². The quantitative estimate of drug-likeness (QED) is 0.899. The molecule has 1 aromatic carbocycles. The number of amides is 1. The lowest BCUT2D eigenvalue weighted by atomic mass is 9.95. The Morgan fingerprint density at radius 1 is 1.41 bits per heavy atom. The number of rotatable bonds is 3. The van der Waals surface area contributed by atoms with Crippen LogP contribution in [0, 0.1) is 5.92 Å². The molecule has 2 aliphatic carbocycles. The number of nitrogens with one attached hydrogen (secondary N) is 2. The number of hydrogen-bond acceptors (Lipinski definition) is 3.